The van der Waals surface area contributed by atoms with Crippen LogP contribution in [-0.2, 0) is 0 Å². The molecule has 1 atom stereocenters. The maximum Gasteiger partial charge on any atom is 0.327 e. The summed E-state index contributed by atoms with van der Waals surface area (Å²) < 4.78 is 1.83. The maximum atomic E-state index is 12.2. The van der Waals surface area contributed by atoms with E-state index in [0.29, 0.717) is 5.02 Å². The molecule has 0 radical (unpaired) electrons. The molecule has 3 rings (SSSR count). The van der Waals surface area contributed by atoms with Gasteiger partial charge in [0.05, 0.1) is 22.2 Å². The van der Waals surface area contributed by atoms with Gasteiger partial charge >= 0.3 is 5.69 Å². The predicted molar refractivity (Wildman–Crippen MR) is 73.1 cm³/mol. The van der Waals surface area contributed by atoms with Crippen LogP contribution in [0.4, 0.5) is 0 Å². The molecule has 4 nitrogen and oxygen atoms in total. The summed E-state index contributed by atoms with van der Waals surface area (Å²) in [5, 5.41) is 0.599. The Balaban J connectivity index is 2.19. The molecule has 1 saturated heterocycles. The Bertz CT molecular complexity index is 631. The number of nitrogens with one attached hydrogen (secondary N) is 1. The molecule has 1 N–H and O–H groups in total. The van der Waals surface area contributed by atoms with E-state index in [4.69, 9.17) is 11.6 Å². The number of imidazole rings is 1. The monoisotopic (exact) mass is 265 g/mol. The van der Waals surface area contributed by atoms with Crippen LogP contribution < -0.4 is 5.69 Å². The van der Waals surface area contributed by atoms with Crippen molar-refractivity contribution in [3.8, 4) is 0 Å². The lowest BCUT2D eigenvalue weighted by Gasteiger charge is -2.33. The first-order valence-corrected chi connectivity index (χ1v) is 6.65. The number of hydrogen-bond acceptors (Lipinski definition) is 2. The average molecular weight is 266 g/mol. The van der Waals surface area contributed by atoms with Crippen LogP contribution in [0.15, 0.2) is 23.0 Å². The molecule has 2 aromatic rings. The van der Waals surface area contributed by atoms with Crippen molar-refractivity contribution in [3.63, 3.8) is 0 Å². The van der Waals surface area contributed by atoms with Crippen LogP contribution in [0.3, 0.4) is 0 Å². The third-order valence-electron chi connectivity index (χ3n) is 3.73. The zero-order valence-electron chi connectivity index (χ0n) is 10.3. The number of nitrogens with zero attached hydrogens (tertiary/aromatic N) is 2. The van der Waals surface area contributed by atoms with E-state index in [1.165, 1.54) is 6.42 Å². The summed E-state index contributed by atoms with van der Waals surface area (Å²) >= 11 is 6.12. The maximum absolute atomic E-state index is 12.2. The molecule has 96 valence electrons. The van der Waals surface area contributed by atoms with Crippen LogP contribution in [0.2, 0.25) is 5.02 Å². The lowest BCUT2D eigenvalue weighted by molar-refractivity contribution is 0.128. The Labute approximate surface area is 110 Å². The van der Waals surface area contributed by atoms with Crippen LogP contribution in [0.5, 0.6) is 0 Å². The van der Waals surface area contributed by atoms with E-state index >= 15 is 0 Å². The first-order valence-electron chi connectivity index (χ1n) is 6.27. The summed E-state index contributed by atoms with van der Waals surface area (Å²) in [7, 11) is 2.07. The van der Waals surface area contributed by atoms with Crippen molar-refractivity contribution in [3.05, 3.63) is 33.7 Å². The van der Waals surface area contributed by atoms with E-state index in [-0.39, 0.29) is 11.9 Å². The lowest BCUT2D eigenvalue weighted by atomic mass is 10.1. The third-order valence-corrected chi connectivity index (χ3v) is 4.05. The second kappa shape index (κ2) is 4.44. The van der Waals surface area contributed by atoms with Crippen LogP contribution in [0.25, 0.3) is 11.0 Å². The molecular formula is C13H16ClN3O. The number of H-pyrrole nitrogens is 1. The molecule has 1 unspecified atom stereocenters. The van der Waals surface area contributed by atoms with E-state index in [0.717, 1.165) is 30.4 Å². The fraction of sp³-hybridized carbons (Fsp3) is 0.462. The Morgan fingerprint density at radius 2 is 2.22 bits per heavy atom. The molecule has 0 aliphatic carbocycles. The van der Waals surface area contributed by atoms with E-state index in [1.807, 2.05) is 16.7 Å². The number of fused-ring (bicyclic) bond motifs is 1. The topological polar surface area (TPSA) is 41.0 Å². The van der Waals surface area contributed by atoms with Gasteiger partial charge in [-0.05, 0) is 45.0 Å². The lowest BCUT2D eigenvalue weighted by Crippen LogP contribution is -2.37. The van der Waals surface area contributed by atoms with E-state index < -0.39 is 0 Å². The number of likely N-dealkylation sites (tertiary alicyclic amines) is 1. The minimum Gasteiger partial charge on any atom is -0.304 e. The summed E-state index contributed by atoms with van der Waals surface area (Å²) in [5.74, 6) is 0. The van der Waals surface area contributed by atoms with Gasteiger partial charge in [-0.2, -0.15) is 0 Å². The molecule has 1 aromatic heterocycles. The molecule has 5 heteroatoms. The second-order valence-corrected chi connectivity index (χ2v) is 5.30. The summed E-state index contributed by atoms with van der Waals surface area (Å²) in [6.07, 6.45) is 3.51. The van der Waals surface area contributed by atoms with Crippen molar-refractivity contribution >= 4 is 22.6 Å². The van der Waals surface area contributed by atoms with Crippen molar-refractivity contribution in [1.29, 1.82) is 0 Å². The van der Waals surface area contributed by atoms with Crippen molar-refractivity contribution < 1.29 is 0 Å². The molecule has 1 fully saturated rings. The van der Waals surface area contributed by atoms with Gasteiger partial charge in [0.2, 0.25) is 0 Å². The normalized spacial score (nSPS) is 21.6. The molecule has 18 heavy (non-hydrogen) atoms. The largest absolute Gasteiger partial charge is 0.327 e. The molecule has 0 bridgehead atoms. The highest BCUT2D eigenvalue weighted by molar-refractivity contribution is 6.34. The molecule has 1 aliphatic rings. The van der Waals surface area contributed by atoms with Gasteiger partial charge in [0.25, 0.3) is 0 Å². The van der Waals surface area contributed by atoms with Gasteiger partial charge in [0.1, 0.15) is 0 Å². The number of halogens is 1. The number of aromatic amines is 1. The number of hydrogen-bond donors (Lipinski definition) is 1. The highest BCUT2D eigenvalue weighted by Crippen LogP contribution is 2.28. The average Bonchev–Trinajstić information content (AvgIpc) is 2.68. The smallest absolute Gasteiger partial charge is 0.304 e. The van der Waals surface area contributed by atoms with Crippen LogP contribution in [0.1, 0.15) is 25.4 Å². The number of piperidine rings is 1. The van der Waals surface area contributed by atoms with Gasteiger partial charge < -0.3 is 4.98 Å². The molecule has 0 saturated carbocycles. The minimum absolute atomic E-state index is 0.0724. The third kappa shape index (κ3) is 1.76. The van der Waals surface area contributed by atoms with E-state index in [1.54, 1.807) is 6.07 Å². The predicted octanol–water partition coefficient (Wildman–Crippen LogP) is 2.60. The SMILES string of the molecule is CN1CCCCC1n1c(=O)[nH]c2c(Cl)cccc21. The molecule has 2 heterocycles. The van der Waals surface area contributed by atoms with Gasteiger partial charge in [0.15, 0.2) is 0 Å². The number of aromatic nitrogens is 2. The Hall–Kier alpha value is -1.26. The van der Waals surface area contributed by atoms with Crippen molar-refractivity contribution in [2.75, 3.05) is 13.6 Å². The molecule has 1 aromatic carbocycles. The Morgan fingerprint density at radius 3 is 3.00 bits per heavy atom. The van der Waals surface area contributed by atoms with Crippen LogP contribution >= 0.6 is 11.6 Å². The summed E-state index contributed by atoms with van der Waals surface area (Å²) in [6.45, 7) is 1.03. The highest BCUT2D eigenvalue weighted by Gasteiger charge is 2.24. The standard InChI is InChI=1S/C13H16ClN3O/c1-16-8-3-2-7-11(16)17-10-6-4-5-9(14)12(10)15-13(17)18/h4-6,11H,2-3,7-8H2,1H3,(H,15,18). The molecular weight excluding hydrogens is 250 g/mol. The number of rotatable bonds is 1. The van der Waals surface area contributed by atoms with E-state index in [2.05, 4.69) is 16.9 Å². The second-order valence-electron chi connectivity index (χ2n) is 4.89. The van der Waals surface area contributed by atoms with Crippen molar-refractivity contribution in [2.24, 2.45) is 0 Å². The quantitative estimate of drug-likeness (QED) is 0.861. The Kier molecular flexibility index (Phi) is 2.92. The highest BCUT2D eigenvalue weighted by atomic mass is 35.5. The summed E-state index contributed by atoms with van der Waals surface area (Å²) in [6, 6.07) is 5.63. The van der Waals surface area contributed by atoms with Gasteiger partial charge in [-0.15, -0.1) is 0 Å². The first kappa shape index (κ1) is 11.8. The fourth-order valence-corrected chi connectivity index (χ4v) is 3.01. The Morgan fingerprint density at radius 1 is 1.39 bits per heavy atom. The van der Waals surface area contributed by atoms with Gasteiger partial charge in [-0.1, -0.05) is 17.7 Å². The molecule has 0 amide bonds. The van der Waals surface area contributed by atoms with Crippen LogP contribution in [-0.4, -0.2) is 28.0 Å². The fourth-order valence-electron chi connectivity index (χ4n) is 2.79. The summed E-state index contributed by atoms with van der Waals surface area (Å²) in [5.41, 5.74) is 1.56. The molecule has 1 aliphatic heterocycles. The number of para-hydroxylation sites is 1. The minimum atomic E-state index is -0.0724. The number of benzene rings is 1. The summed E-state index contributed by atoms with van der Waals surface area (Å²) in [4.78, 5) is 17.3. The van der Waals surface area contributed by atoms with Gasteiger partial charge in [-0.25, -0.2) is 4.79 Å². The zero-order valence-corrected chi connectivity index (χ0v) is 11.1. The van der Waals surface area contributed by atoms with Gasteiger partial charge in [0, 0.05) is 0 Å². The van der Waals surface area contributed by atoms with Crippen LogP contribution in [0, 0.1) is 0 Å². The first-order chi connectivity index (χ1) is 8.68. The molecule has 0 spiro atoms. The van der Waals surface area contributed by atoms with Crippen molar-refractivity contribution in [2.45, 2.75) is 25.4 Å². The van der Waals surface area contributed by atoms with Crippen molar-refractivity contribution in [1.82, 2.24) is 14.5 Å². The van der Waals surface area contributed by atoms with E-state index in [9.17, 15) is 4.79 Å². The zero-order chi connectivity index (χ0) is 12.7. The van der Waals surface area contributed by atoms with Gasteiger partial charge in [-0.3, -0.25) is 9.47 Å².